The summed E-state index contributed by atoms with van der Waals surface area (Å²) in [6.45, 7) is 0.987. The minimum atomic E-state index is -0.309. The number of nitrogens with one attached hydrogen (secondary N) is 2. The van der Waals surface area contributed by atoms with Crippen LogP contribution in [0.2, 0.25) is 0 Å². The van der Waals surface area contributed by atoms with Gasteiger partial charge in [-0.1, -0.05) is 0 Å². The number of hydrogen-bond acceptors (Lipinski definition) is 6. The lowest BCUT2D eigenvalue weighted by atomic mass is 10.3. The third-order valence-corrected chi connectivity index (χ3v) is 2.36. The molecule has 8 nitrogen and oxygen atoms in total. The zero-order chi connectivity index (χ0) is 12.3. The summed E-state index contributed by atoms with van der Waals surface area (Å²) in [7, 11) is 0. The van der Waals surface area contributed by atoms with Crippen LogP contribution in [0.5, 0.6) is 0 Å². The number of carbonyl (C=O) groups is 2. The molecule has 0 bridgehead atoms. The molecule has 2 heterocycles. The van der Waals surface area contributed by atoms with E-state index in [1.54, 1.807) is 6.07 Å². The molecule has 17 heavy (non-hydrogen) atoms. The third kappa shape index (κ3) is 2.48. The first-order valence-electron chi connectivity index (χ1n) is 5.07. The van der Waals surface area contributed by atoms with Crippen molar-refractivity contribution >= 4 is 17.6 Å². The highest BCUT2D eigenvalue weighted by Crippen LogP contribution is 2.05. The Bertz CT molecular complexity index is 432. The second-order valence-corrected chi connectivity index (χ2v) is 3.52. The minimum Gasteiger partial charge on any atom is -0.353 e. The van der Waals surface area contributed by atoms with E-state index < -0.39 is 0 Å². The molecule has 8 heteroatoms. The number of rotatable bonds is 2. The van der Waals surface area contributed by atoms with E-state index in [1.165, 1.54) is 11.0 Å². The lowest BCUT2D eigenvalue weighted by Gasteiger charge is -2.26. The van der Waals surface area contributed by atoms with Crippen molar-refractivity contribution in [2.24, 2.45) is 5.84 Å². The smallest absolute Gasteiger partial charge is 0.274 e. The summed E-state index contributed by atoms with van der Waals surface area (Å²) < 4.78 is 0. The molecule has 1 aliphatic rings. The Kier molecular flexibility index (Phi) is 3.15. The van der Waals surface area contributed by atoms with E-state index >= 15 is 0 Å². The van der Waals surface area contributed by atoms with E-state index in [4.69, 9.17) is 5.84 Å². The first kappa shape index (κ1) is 11.3. The van der Waals surface area contributed by atoms with Crippen molar-refractivity contribution in [3.8, 4) is 0 Å². The van der Waals surface area contributed by atoms with Crippen LogP contribution in [0.1, 0.15) is 10.5 Å². The molecule has 1 fully saturated rings. The van der Waals surface area contributed by atoms with Crippen LogP contribution in [0.3, 0.4) is 0 Å². The van der Waals surface area contributed by atoms with Gasteiger partial charge in [-0.3, -0.25) is 9.59 Å². The Morgan fingerprint density at radius 3 is 2.88 bits per heavy atom. The third-order valence-electron chi connectivity index (χ3n) is 2.36. The van der Waals surface area contributed by atoms with Gasteiger partial charge in [0.25, 0.3) is 5.91 Å². The monoisotopic (exact) mass is 236 g/mol. The summed E-state index contributed by atoms with van der Waals surface area (Å²) in [5.74, 6) is 5.03. The van der Waals surface area contributed by atoms with Crippen LogP contribution < -0.4 is 16.6 Å². The van der Waals surface area contributed by atoms with Gasteiger partial charge < -0.3 is 15.6 Å². The summed E-state index contributed by atoms with van der Waals surface area (Å²) in [5.41, 5.74) is 2.51. The molecule has 1 saturated heterocycles. The molecule has 1 aromatic heterocycles. The second kappa shape index (κ2) is 4.74. The summed E-state index contributed by atoms with van der Waals surface area (Å²) in [6.07, 6.45) is 0. The molecule has 90 valence electrons. The number of carbonyl (C=O) groups excluding carboxylic acids is 2. The van der Waals surface area contributed by atoms with Crippen LogP contribution in [0.25, 0.3) is 0 Å². The van der Waals surface area contributed by atoms with Crippen molar-refractivity contribution in [1.29, 1.82) is 0 Å². The largest absolute Gasteiger partial charge is 0.353 e. The molecule has 0 spiro atoms. The van der Waals surface area contributed by atoms with Gasteiger partial charge in [-0.25, -0.2) is 5.84 Å². The molecule has 0 aliphatic carbocycles. The maximum Gasteiger partial charge on any atom is 0.274 e. The van der Waals surface area contributed by atoms with E-state index in [1.807, 2.05) is 0 Å². The first-order chi connectivity index (χ1) is 8.20. The van der Waals surface area contributed by atoms with Crippen molar-refractivity contribution in [3.63, 3.8) is 0 Å². The summed E-state index contributed by atoms with van der Waals surface area (Å²) in [4.78, 5) is 24.5. The standard InChI is InChI=1S/C9H12N6O2/c10-12-7-2-1-6(13-14-7)9(17)15-4-3-11-8(16)5-15/h1-2H,3-5,10H2,(H,11,16)(H,12,14). The lowest BCUT2D eigenvalue weighted by Crippen LogP contribution is -2.50. The van der Waals surface area contributed by atoms with Gasteiger partial charge in [-0.05, 0) is 12.1 Å². The summed E-state index contributed by atoms with van der Waals surface area (Å²) >= 11 is 0. The highest BCUT2D eigenvalue weighted by molar-refractivity contribution is 5.95. The van der Waals surface area contributed by atoms with Crippen molar-refractivity contribution in [2.75, 3.05) is 25.1 Å². The predicted octanol–water partition coefficient (Wildman–Crippen LogP) is -1.67. The van der Waals surface area contributed by atoms with E-state index in [2.05, 4.69) is 20.9 Å². The van der Waals surface area contributed by atoms with Gasteiger partial charge >= 0.3 is 0 Å². The van der Waals surface area contributed by atoms with Gasteiger partial charge in [0.05, 0.1) is 6.54 Å². The van der Waals surface area contributed by atoms with Crippen LogP contribution in [0, 0.1) is 0 Å². The fourth-order valence-electron chi connectivity index (χ4n) is 1.50. The minimum absolute atomic E-state index is 0.0530. The maximum atomic E-state index is 11.9. The number of piperazine rings is 1. The molecule has 0 atom stereocenters. The number of nitrogens with two attached hydrogens (primary N) is 1. The Morgan fingerprint density at radius 1 is 1.47 bits per heavy atom. The van der Waals surface area contributed by atoms with Gasteiger partial charge in [0, 0.05) is 13.1 Å². The van der Waals surface area contributed by atoms with Crippen molar-refractivity contribution in [2.45, 2.75) is 0 Å². The van der Waals surface area contributed by atoms with Crippen LogP contribution in [-0.4, -0.2) is 46.5 Å². The molecule has 0 unspecified atom stereocenters. The quantitative estimate of drug-likeness (QED) is 0.418. The molecule has 1 aliphatic heterocycles. The van der Waals surface area contributed by atoms with Gasteiger partial charge in [0.1, 0.15) is 0 Å². The first-order valence-corrected chi connectivity index (χ1v) is 5.07. The number of aromatic nitrogens is 2. The maximum absolute atomic E-state index is 11.9. The Labute approximate surface area is 97.2 Å². The van der Waals surface area contributed by atoms with Crippen molar-refractivity contribution in [1.82, 2.24) is 20.4 Å². The number of hydrogen-bond donors (Lipinski definition) is 3. The van der Waals surface area contributed by atoms with Crippen LogP contribution in [0.15, 0.2) is 12.1 Å². The fraction of sp³-hybridized carbons (Fsp3) is 0.333. The Morgan fingerprint density at radius 2 is 2.29 bits per heavy atom. The highest BCUT2D eigenvalue weighted by atomic mass is 16.2. The summed E-state index contributed by atoms with van der Waals surface area (Å²) in [6, 6.07) is 3.06. The molecule has 2 amide bonds. The van der Waals surface area contributed by atoms with Crippen LogP contribution >= 0.6 is 0 Å². The summed E-state index contributed by atoms with van der Waals surface area (Å²) in [5, 5.41) is 10.1. The second-order valence-electron chi connectivity index (χ2n) is 3.52. The zero-order valence-corrected chi connectivity index (χ0v) is 9.01. The Hall–Kier alpha value is -2.22. The average molecular weight is 236 g/mol. The molecular weight excluding hydrogens is 224 g/mol. The van der Waals surface area contributed by atoms with E-state index in [-0.39, 0.29) is 24.1 Å². The molecule has 4 N–H and O–H groups in total. The van der Waals surface area contributed by atoms with Gasteiger partial charge in [0.2, 0.25) is 5.91 Å². The van der Waals surface area contributed by atoms with E-state index in [9.17, 15) is 9.59 Å². The Balaban J connectivity index is 2.10. The number of anilines is 1. The molecule has 0 radical (unpaired) electrons. The lowest BCUT2D eigenvalue weighted by molar-refractivity contribution is -0.123. The highest BCUT2D eigenvalue weighted by Gasteiger charge is 2.23. The molecular formula is C9H12N6O2. The van der Waals surface area contributed by atoms with Gasteiger partial charge in [-0.15, -0.1) is 10.2 Å². The van der Waals surface area contributed by atoms with Gasteiger partial charge in [0.15, 0.2) is 11.5 Å². The van der Waals surface area contributed by atoms with Crippen LogP contribution in [-0.2, 0) is 4.79 Å². The van der Waals surface area contributed by atoms with Gasteiger partial charge in [-0.2, -0.15) is 0 Å². The molecule has 1 aromatic rings. The number of hydrazine groups is 1. The fourth-order valence-corrected chi connectivity index (χ4v) is 1.50. The van der Waals surface area contributed by atoms with Crippen molar-refractivity contribution < 1.29 is 9.59 Å². The number of nitrogen functional groups attached to an aromatic ring is 1. The van der Waals surface area contributed by atoms with Crippen molar-refractivity contribution in [3.05, 3.63) is 17.8 Å². The normalized spacial score (nSPS) is 15.4. The topological polar surface area (TPSA) is 113 Å². The van der Waals surface area contributed by atoms with E-state index in [0.29, 0.717) is 18.9 Å². The van der Waals surface area contributed by atoms with E-state index in [0.717, 1.165) is 0 Å². The SMILES string of the molecule is NNc1ccc(C(=O)N2CCNC(=O)C2)nn1. The number of nitrogens with zero attached hydrogens (tertiary/aromatic N) is 3. The van der Waals surface area contributed by atoms with Crippen LogP contribution in [0.4, 0.5) is 5.82 Å². The molecule has 2 rings (SSSR count). The molecule has 0 saturated carbocycles. The number of amides is 2. The zero-order valence-electron chi connectivity index (χ0n) is 9.01. The average Bonchev–Trinajstić information content (AvgIpc) is 2.38. The predicted molar refractivity (Wildman–Crippen MR) is 58.8 cm³/mol. The molecule has 0 aromatic carbocycles.